The van der Waals surface area contributed by atoms with Crippen LogP contribution >= 0.6 is 47.0 Å². The van der Waals surface area contributed by atoms with E-state index in [-0.39, 0.29) is 11.8 Å². The first-order chi connectivity index (χ1) is 14.8. The molecule has 0 aromatic heterocycles. The average molecular weight is 514 g/mol. The molecule has 31 heavy (non-hydrogen) atoms. The summed E-state index contributed by atoms with van der Waals surface area (Å²) in [6.45, 7) is 3.41. The smallest absolute Gasteiger partial charge is 0.146 e. The van der Waals surface area contributed by atoms with Crippen molar-refractivity contribution in [2.75, 3.05) is 53.1 Å². The number of carbonyl (C=O) groups excluding carboxylic acids is 1. The van der Waals surface area contributed by atoms with Crippen LogP contribution in [0.4, 0.5) is 0 Å². The minimum Gasteiger partial charge on any atom is -0.328 e. The third-order valence-electron chi connectivity index (χ3n) is 4.90. The topological polar surface area (TPSA) is 133 Å². The maximum atomic E-state index is 10.3. The van der Waals surface area contributed by atoms with Gasteiger partial charge in [0.25, 0.3) is 0 Å². The standard InChI is InChI=1S/C5H11NO.C5H11NS.2C4H9NS.C3H7NS/c1-4(6-3)5(2)7;6-5-1-3-7-4-2-5;2*5-4-1-2-6-3-4;4-3-1-5-2-3/h4,6H,1-3H3;5H,1-4,6H2;2*4H,1-3,5H2;3H,1-2,4H2/t4-;;;;/m0..../s1. The molecule has 0 spiro atoms. The van der Waals surface area contributed by atoms with Gasteiger partial charge >= 0.3 is 0 Å². The molecule has 3 atom stereocenters. The predicted molar refractivity (Wildman–Crippen MR) is 149 cm³/mol. The van der Waals surface area contributed by atoms with Gasteiger partial charge < -0.3 is 28.3 Å². The zero-order chi connectivity index (χ0) is 23.5. The molecule has 2 unspecified atom stereocenters. The molecule has 0 aromatic rings. The molecule has 0 saturated carbocycles. The van der Waals surface area contributed by atoms with E-state index in [9.17, 15) is 4.79 Å². The van der Waals surface area contributed by atoms with Gasteiger partial charge in [-0.1, -0.05) is 0 Å². The Hall–Kier alpha value is 0.870. The van der Waals surface area contributed by atoms with E-state index in [0.717, 1.165) is 0 Å². The van der Waals surface area contributed by atoms with E-state index < -0.39 is 0 Å². The van der Waals surface area contributed by atoms with Gasteiger partial charge in [0.05, 0.1) is 6.04 Å². The second-order valence-electron chi connectivity index (χ2n) is 8.12. The molecular weight excluding hydrogens is 467 g/mol. The van der Waals surface area contributed by atoms with Crippen molar-refractivity contribution in [3.63, 3.8) is 0 Å². The number of rotatable bonds is 2. The van der Waals surface area contributed by atoms with E-state index in [4.69, 9.17) is 22.9 Å². The minimum absolute atomic E-state index is 0.0139. The van der Waals surface area contributed by atoms with Crippen molar-refractivity contribution >= 4 is 52.8 Å². The van der Waals surface area contributed by atoms with Gasteiger partial charge in [-0.25, -0.2) is 0 Å². The summed E-state index contributed by atoms with van der Waals surface area (Å²) in [5.74, 6) is 10.0. The highest BCUT2D eigenvalue weighted by atomic mass is 32.2. The van der Waals surface area contributed by atoms with Crippen molar-refractivity contribution in [3.05, 3.63) is 0 Å². The lowest BCUT2D eigenvalue weighted by molar-refractivity contribution is -0.118. The number of carbonyl (C=O) groups is 1. The van der Waals surface area contributed by atoms with Crippen LogP contribution in [-0.2, 0) is 4.79 Å². The molecule has 10 heteroatoms. The molecule has 4 saturated heterocycles. The Labute approximate surface area is 208 Å². The van der Waals surface area contributed by atoms with Crippen LogP contribution in [0.5, 0.6) is 0 Å². The van der Waals surface area contributed by atoms with Crippen molar-refractivity contribution in [1.29, 1.82) is 0 Å². The Kier molecular flexibility index (Phi) is 22.0. The molecule has 6 nitrogen and oxygen atoms in total. The Balaban J connectivity index is 0.000000364. The normalized spacial score (nSPS) is 26.3. The molecule has 0 amide bonds. The molecule has 4 rings (SSSR count). The maximum absolute atomic E-state index is 10.3. The van der Waals surface area contributed by atoms with Crippen molar-refractivity contribution in [1.82, 2.24) is 5.32 Å². The number of nitrogens with one attached hydrogen (secondary N) is 1. The fourth-order valence-corrected chi connectivity index (χ4v) is 6.14. The number of Topliss-reactive ketones (excluding diaryl/α,β-unsaturated/α-hetero) is 1. The summed E-state index contributed by atoms with van der Waals surface area (Å²) < 4.78 is 0. The quantitative estimate of drug-likeness (QED) is 0.373. The second kappa shape index (κ2) is 21.4. The minimum atomic E-state index is 0.0139. The highest BCUT2D eigenvalue weighted by Crippen LogP contribution is 2.15. The molecule has 4 aliphatic heterocycles. The van der Waals surface area contributed by atoms with Crippen LogP contribution in [0.3, 0.4) is 0 Å². The van der Waals surface area contributed by atoms with Gasteiger partial charge in [0.15, 0.2) is 0 Å². The van der Waals surface area contributed by atoms with Crippen LogP contribution < -0.4 is 28.3 Å². The van der Waals surface area contributed by atoms with Crippen molar-refractivity contribution in [2.24, 2.45) is 22.9 Å². The van der Waals surface area contributed by atoms with Gasteiger partial charge in [0.1, 0.15) is 5.78 Å². The van der Waals surface area contributed by atoms with Gasteiger partial charge in [-0.15, -0.1) is 0 Å². The third kappa shape index (κ3) is 21.2. The molecule has 0 bridgehead atoms. The molecular formula is C21H47N5OS4. The average Bonchev–Trinajstić information content (AvgIpc) is 3.41. The molecule has 0 aromatic carbocycles. The Morgan fingerprint density at radius 1 is 0.710 bits per heavy atom. The summed E-state index contributed by atoms with van der Waals surface area (Å²) in [4.78, 5) is 10.3. The van der Waals surface area contributed by atoms with E-state index in [2.05, 4.69) is 5.32 Å². The van der Waals surface area contributed by atoms with Crippen LogP contribution in [0.25, 0.3) is 0 Å². The largest absolute Gasteiger partial charge is 0.328 e. The zero-order valence-corrected chi connectivity index (χ0v) is 23.0. The first kappa shape index (κ1) is 31.9. The van der Waals surface area contributed by atoms with Crippen LogP contribution in [0.15, 0.2) is 0 Å². The highest BCUT2D eigenvalue weighted by Gasteiger charge is 2.10. The SMILES string of the molecule is CN[C@@H](C)C(C)=O.NC1CCSC1.NC1CCSC1.NC1CCSCC1.NC1CSC1. The van der Waals surface area contributed by atoms with Gasteiger partial charge in [-0.05, 0) is 69.6 Å². The molecule has 4 heterocycles. The van der Waals surface area contributed by atoms with Crippen molar-refractivity contribution in [3.8, 4) is 0 Å². The van der Waals surface area contributed by atoms with Crippen LogP contribution in [0.1, 0.15) is 39.5 Å². The van der Waals surface area contributed by atoms with E-state index in [1.165, 1.54) is 71.7 Å². The van der Waals surface area contributed by atoms with Crippen LogP contribution in [0.2, 0.25) is 0 Å². The molecule has 0 aliphatic carbocycles. The fourth-order valence-electron chi connectivity index (χ4n) is 2.28. The second-order valence-corrected chi connectivity index (χ2v) is 12.7. The van der Waals surface area contributed by atoms with E-state index in [1.807, 2.05) is 54.0 Å². The number of hydrogen-bond acceptors (Lipinski definition) is 10. The number of hydrogen-bond donors (Lipinski definition) is 5. The number of likely N-dealkylation sites (N-methyl/N-ethyl adjacent to an activating group) is 1. The summed E-state index contributed by atoms with van der Waals surface area (Å²) in [6, 6.07) is 2.08. The number of ketones is 1. The third-order valence-corrected chi connectivity index (χ3v) is 9.66. The number of thioether (sulfide) groups is 4. The Bertz CT molecular complexity index is 401. The van der Waals surface area contributed by atoms with Crippen LogP contribution in [0, 0.1) is 0 Å². The van der Waals surface area contributed by atoms with E-state index in [0.29, 0.717) is 24.2 Å². The van der Waals surface area contributed by atoms with Crippen molar-refractivity contribution < 1.29 is 4.79 Å². The lowest BCUT2D eigenvalue weighted by Crippen LogP contribution is -2.33. The van der Waals surface area contributed by atoms with Gasteiger partial charge in [-0.3, -0.25) is 4.79 Å². The zero-order valence-electron chi connectivity index (χ0n) is 19.7. The van der Waals surface area contributed by atoms with Gasteiger partial charge in [0.2, 0.25) is 0 Å². The Morgan fingerprint density at radius 3 is 1.19 bits per heavy atom. The molecule has 0 radical (unpaired) electrons. The summed E-state index contributed by atoms with van der Waals surface area (Å²) in [6.07, 6.45) is 4.91. The van der Waals surface area contributed by atoms with E-state index in [1.54, 1.807) is 14.0 Å². The van der Waals surface area contributed by atoms with Crippen LogP contribution in [-0.4, -0.2) is 89.1 Å². The summed E-state index contributed by atoms with van der Waals surface area (Å²) in [5, 5.41) is 2.81. The van der Waals surface area contributed by atoms with Crippen molar-refractivity contribution in [2.45, 2.75) is 69.7 Å². The first-order valence-electron chi connectivity index (χ1n) is 11.3. The lowest BCUT2D eigenvalue weighted by Gasteiger charge is -2.18. The number of nitrogens with two attached hydrogens (primary N) is 4. The highest BCUT2D eigenvalue weighted by molar-refractivity contribution is 8.00. The predicted octanol–water partition coefficient (Wildman–Crippen LogP) is 1.99. The summed E-state index contributed by atoms with van der Waals surface area (Å²) in [5.41, 5.74) is 22.0. The monoisotopic (exact) mass is 513 g/mol. The molecule has 9 N–H and O–H groups in total. The fraction of sp³-hybridized carbons (Fsp3) is 0.952. The molecule has 186 valence electrons. The summed E-state index contributed by atoms with van der Waals surface area (Å²) >= 11 is 7.85. The maximum Gasteiger partial charge on any atom is 0.146 e. The van der Waals surface area contributed by atoms with Gasteiger partial charge in [-0.2, -0.15) is 47.0 Å². The van der Waals surface area contributed by atoms with Gasteiger partial charge in [0, 0.05) is 47.2 Å². The molecule has 4 fully saturated rings. The lowest BCUT2D eigenvalue weighted by atomic mass is 10.2. The molecule has 4 aliphatic rings. The first-order valence-corrected chi connectivity index (χ1v) is 15.9. The van der Waals surface area contributed by atoms with E-state index >= 15 is 0 Å². The summed E-state index contributed by atoms with van der Waals surface area (Å²) in [7, 11) is 1.77. The Morgan fingerprint density at radius 2 is 1.10 bits per heavy atom.